The number of hydrogen-bond donors (Lipinski definition) is 3. The van der Waals surface area contributed by atoms with Gasteiger partial charge in [-0.1, -0.05) is 23.2 Å². The monoisotopic (exact) mass is 317 g/mol. The Morgan fingerprint density at radius 2 is 2.10 bits per heavy atom. The molecule has 3 atom stereocenters. The Hall–Kier alpha value is -1.05. The highest BCUT2D eigenvalue weighted by Crippen LogP contribution is 2.36. The van der Waals surface area contributed by atoms with Gasteiger partial charge < -0.3 is 20.7 Å². The molecule has 3 rings (SSSR count). The fraction of sp³-hybridized carbons (Fsp3) is 0.417. The highest BCUT2D eigenvalue weighted by Gasteiger charge is 2.36. The number of hydrogen-bond acceptors (Lipinski definition) is 5. The van der Waals surface area contributed by atoms with Crippen molar-refractivity contribution in [2.75, 3.05) is 12.3 Å². The Morgan fingerprint density at radius 3 is 2.75 bits per heavy atom. The van der Waals surface area contributed by atoms with Crippen LogP contribution in [-0.4, -0.2) is 38.6 Å². The number of benzene rings is 1. The lowest BCUT2D eigenvalue weighted by molar-refractivity contribution is -0.0423. The van der Waals surface area contributed by atoms with Gasteiger partial charge in [0.25, 0.3) is 0 Å². The third-order valence-electron chi connectivity index (χ3n) is 3.43. The first kappa shape index (κ1) is 13.9. The van der Waals surface area contributed by atoms with Crippen LogP contribution >= 0.6 is 23.2 Å². The zero-order chi connectivity index (χ0) is 14.4. The van der Waals surface area contributed by atoms with Gasteiger partial charge in [0.05, 0.1) is 33.8 Å². The molecule has 2 aromatic rings. The van der Waals surface area contributed by atoms with Crippen LogP contribution in [0.15, 0.2) is 12.1 Å². The van der Waals surface area contributed by atoms with Gasteiger partial charge in [-0.2, -0.15) is 0 Å². The number of aliphatic hydroxyl groups is 2. The summed E-state index contributed by atoms with van der Waals surface area (Å²) in [5.74, 6) is 0.245. The van der Waals surface area contributed by atoms with E-state index >= 15 is 0 Å². The second kappa shape index (κ2) is 5.05. The minimum atomic E-state index is -0.746. The smallest absolute Gasteiger partial charge is 0.203 e. The lowest BCUT2D eigenvalue weighted by atomic mass is 10.2. The van der Waals surface area contributed by atoms with Gasteiger partial charge in [0.2, 0.25) is 5.95 Å². The van der Waals surface area contributed by atoms with Crippen molar-refractivity contribution in [1.29, 1.82) is 0 Å². The summed E-state index contributed by atoms with van der Waals surface area (Å²) >= 11 is 12.0. The largest absolute Gasteiger partial charge is 0.394 e. The van der Waals surface area contributed by atoms with Crippen molar-refractivity contribution >= 4 is 40.2 Å². The third kappa shape index (κ3) is 2.13. The Labute approximate surface area is 124 Å². The molecule has 0 aliphatic carbocycles. The van der Waals surface area contributed by atoms with Crippen molar-refractivity contribution in [3.8, 4) is 0 Å². The minimum Gasteiger partial charge on any atom is -0.394 e. The Balaban J connectivity index is 2.08. The number of nitrogens with zero attached hydrogens (tertiary/aromatic N) is 2. The molecule has 1 saturated heterocycles. The van der Waals surface area contributed by atoms with Gasteiger partial charge >= 0.3 is 0 Å². The number of anilines is 1. The second-order valence-electron chi connectivity index (χ2n) is 4.71. The van der Waals surface area contributed by atoms with E-state index in [1.54, 1.807) is 16.7 Å². The van der Waals surface area contributed by atoms with Gasteiger partial charge in [-0.15, -0.1) is 0 Å². The molecule has 2 heterocycles. The quantitative estimate of drug-likeness (QED) is 0.781. The molecule has 8 heteroatoms. The maximum absolute atomic E-state index is 9.81. The summed E-state index contributed by atoms with van der Waals surface area (Å²) in [4.78, 5) is 4.21. The van der Waals surface area contributed by atoms with E-state index in [1.807, 2.05) is 0 Å². The molecular weight excluding hydrogens is 305 g/mol. The molecule has 0 unspecified atom stereocenters. The van der Waals surface area contributed by atoms with Gasteiger partial charge in [0, 0.05) is 6.42 Å². The predicted octanol–water partition coefficient (Wildman–Crippen LogP) is 1.57. The highest BCUT2D eigenvalue weighted by atomic mass is 35.5. The molecule has 1 aliphatic heterocycles. The summed E-state index contributed by atoms with van der Waals surface area (Å²) in [6.45, 7) is -0.253. The van der Waals surface area contributed by atoms with Crippen LogP contribution in [0.25, 0.3) is 11.0 Å². The van der Waals surface area contributed by atoms with Crippen LogP contribution in [0.5, 0.6) is 0 Å². The summed E-state index contributed by atoms with van der Waals surface area (Å²) in [6.07, 6.45) is -1.55. The van der Waals surface area contributed by atoms with Crippen molar-refractivity contribution in [2.45, 2.75) is 24.9 Å². The lowest BCUT2D eigenvalue weighted by Gasteiger charge is -2.15. The zero-order valence-corrected chi connectivity index (χ0v) is 11.8. The number of nitrogen functional groups attached to an aromatic ring is 1. The number of ether oxygens (including phenoxy) is 1. The molecule has 1 aromatic carbocycles. The van der Waals surface area contributed by atoms with E-state index in [9.17, 15) is 5.11 Å². The number of nitrogens with two attached hydrogens (primary N) is 1. The number of aromatic nitrogens is 2. The summed E-state index contributed by atoms with van der Waals surface area (Å²) in [5, 5.41) is 19.7. The summed E-state index contributed by atoms with van der Waals surface area (Å²) in [7, 11) is 0. The SMILES string of the molecule is Nc1nc2cc(Cl)c(Cl)cc2n1[C@@H]1C[C@H](O)[C@@H](CO)O1. The van der Waals surface area contributed by atoms with E-state index in [-0.39, 0.29) is 12.6 Å². The zero-order valence-electron chi connectivity index (χ0n) is 10.3. The molecule has 6 nitrogen and oxygen atoms in total. The van der Waals surface area contributed by atoms with Crippen LogP contribution in [0.1, 0.15) is 12.6 Å². The van der Waals surface area contributed by atoms with Crippen LogP contribution in [-0.2, 0) is 4.74 Å². The molecule has 0 spiro atoms. The summed E-state index contributed by atoms with van der Waals surface area (Å²) < 4.78 is 7.24. The summed E-state index contributed by atoms with van der Waals surface area (Å²) in [6, 6.07) is 3.28. The number of aliphatic hydroxyl groups excluding tert-OH is 2. The fourth-order valence-electron chi connectivity index (χ4n) is 2.45. The van der Waals surface area contributed by atoms with Crippen LogP contribution < -0.4 is 5.73 Å². The number of imidazole rings is 1. The average Bonchev–Trinajstić information content (AvgIpc) is 2.90. The minimum absolute atomic E-state index is 0.245. The second-order valence-corrected chi connectivity index (χ2v) is 5.52. The third-order valence-corrected chi connectivity index (χ3v) is 4.15. The van der Waals surface area contributed by atoms with Gasteiger partial charge in [-0.05, 0) is 12.1 Å². The van der Waals surface area contributed by atoms with E-state index in [4.69, 9.17) is 38.8 Å². The number of halogens is 2. The molecular formula is C12H13Cl2N3O3. The van der Waals surface area contributed by atoms with E-state index < -0.39 is 18.4 Å². The van der Waals surface area contributed by atoms with E-state index in [1.165, 1.54) is 0 Å². The number of fused-ring (bicyclic) bond motifs is 1. The maximum atomic E-state index is 9.81. The van der Waals surface area contributed by atoms with Crippen molar-refractivity contribution in [1.82, 2.24) is 9.55 Å². The van der Waals surface area contributed by atoms with Crippen LogP contribution in [0.4, 0.5) is 5.95 Å². The molecule has 108 valence electrons. The van der Waals surface area contributed by atoms with E-state index in [0.29, 0.717) is 27.5 Å². The molecule has 0 saturated carbocycles. The molecule has 0 bridgehead atoms. The first-order chi connectivity index (χ1) is 9.51. The Bertz CT molecular complexity index is 661. The van der Waals surface area contributed by atoms with Crippen molar-refractivity contribution in [3.05, 3.63) is 22.2 Å². The van der Waals surface area contributed by atoms with Gasteiger partial charge in [0.1, 0.15) is 12.3 Å². The standard InChI is InChI=1S/C12H13Cl2N3O3/c13-5-1-7-8(2-6(5)14)17(12(15)16-7)11-3-9(19)10(4-18)20-11/h1-2,9-11,18-19H,3-4H2,(H2,15,16)/t9-,10+,11-/m0/s1. The topological polar surface area (TPSA) is 93.5 Å². The Morgan fingerprint density at radius 1 is 1.40 bits per heavy atom. The van der Waals surface area contributed by atoms with Crippen molar-refractivity contribution in [2.24, 2.45) is 0 Å². The molecule has 1 fully saturated rings. The van der Waals surface area contributed by atoms with Gasteiger partial charge in [0.15, 0.2) is 0 Å². The van der Waals surface area contributed by atoms with Gasteiger partial charge in [-0.3, -0.25) is 4.57 Å². The highest BCUT2D eigenvalue weighted by molar-refractivity contribution is 6.42. The molecule has 4 N–H and O–H groups in total. The van der Waals surface area contributed by atoms with Crippen molar-refractivity contribution in [3.63, 3.8) is 0 Å². The Kier molecular flexibility index (Phi) is 3.51. The average molecular weight is 318 g/mol. The summed E-state index contributed by atoms with van der Waals surface area (Å²) in [5.41, 5.74) is 7.18. The van der Waals surface area contributed by atoms with Gasteiger partial charge in [-0.25, -0.2) is 4.98 Å². The first-order valence-corrected chi connectivity index (χ1v) is 6.83. The lowest BCUT2D eigenvalue weighted by Crippen LogP contribution is -2.24. The maximum Gasteiger partial charge on any atom is 0.203 e. The molecule has 1 aromatic heterocycles. The molecule has 0 radical (unpaired) electrons. The normalized spacial score (nSPS) is 26.5. The fourth-order valence-corrected chi connectivity index (χ4v) is 2.76. The van der Waals surface area contributed by atoms with E-state index in [2.05, 4.69) is 4.98 Å². The van der Waals surface area contributed by atoms with Crippen molar-refractivity contribution < 1.29 is 14.9 Å². The molecule has 1 aliphatic rings. The van der Waals surface area contributed by atoms with Crippen LogP contribution in [0.2, 0.25) is 10.0 Å². The number of rotatable bonds is 2. The predicted molar refractivity (Wildman–Crippen MR) is 75.8 cm³/mol. The van der Waals surface area contributed by atoms with Crippen LogP contribution in [0.3, 0.4) is 0 Å². The molecule has 0 amide bonds. The molecule has 20 heavy (non-hydrogen) atoms. The van der Waals surface area contributed by atoms with Crippen LogP contribution in [0, 0.1) is 0 Å². The first-order valence-electron chi connectivity index (χ1n) is 6.08. The van der Waals surface area contributed by atoms with E-state index in [0.717, 1.165) is 0 Å².